The molecule has 0 aliphatic carbocycles. The van der Waals surface area contributed by atoms with Gasteiger partial charge in [-0.25, -0.2) is 4.79 Å². The van der Waals surface area contributed by atoms with E-state index in [0.29, 0.717) is 11.3 Å². The van der Waals surface area contributed by atoms with E-state index in [1.54, 1.807) is 38.3 Å². The van der Waals surface area contributed by atoms with Crippen molar-refractivity contribution in [3.8, 4) is 5.75 Å². The molecule has 1 aliphatic heterocycles. The first-order valence-corrected chi connectivity index (χ1v) is 6.37. The predicted octanol–water partition coefficient (Wildman–Crippen LogP) is 0.929. The van der Waals surface area contributed by atoms with Gasteiger partial charge in [0.15, 0.2) is 0 Å². The van der Waals surface area contributed by atoms with E-state index in [1.807, 2.05) is 0 Å². The number of ether oxygens (including phenoxy) is 2. The number of benzene rings is 1. The minimum absolute atomic E-state index is 0.524. The number of hydrogen-bond acceptors (Lipinski definition) is 5. The number of aliphatic hydroxyl groups is 2. The van der Waals surface area contributed by atoms with Crippen LogP contribution in [0.2, 0.25) is 0 Å². The van der Waals surface area contributed by atoms with Crippen LogP contribution in [0.4, 0.5) is 4.79 Å². The van der Waals surface area contributed by atoms with Crippen LogP contribution < -0.4 is 4.74 Å². The second kappa shape index (κ2) is 5.68. The molecule has 0 bridgehead atoms. The average Bonchev–Trinajstić information content (AvgIpc) is 2.71. The van der Waals surface area contributed by atoms with Gasteiger partial charge in [-0.3, -0.25) is 4.90 Å². The lowest BCUT2D eigenvalue weighted by atomic mass is 10.0. The summed E-state index contributed by atoms with van der Waals surface area (Å²) in [6, 6.07) is 5.84. The quantitative estimate of drug-likeness (QED) is 0.843. The Morgan fingerprint density at radius 1 is 1.15 bits per heavy atom. The van der Waals surface area contributed by atoms with Crippen LogP contribution in [0.15, 0.2) is 24.3 Å². The zero-order valence-electron chi connectivity index (χ0n) is 11.7. The number of aliphatic hydroxyl groups excluding tert-OH is 2. The summed E-state index contributed by atoms with van der Waals surface area (Å²) >= 11 is 0. The number of carbonyl (C=O) groups excluding carboxylic acids is 1. The molecule has 2 N–H and O–H groups in total. The number of methoxy groups -OCH3 is 2. The van der Waals surface area contributed by atoms with E-state index < -0.39 is 30.4 Å². The molecule has 1 heterocycles. The molecule has 1 aromatic rings. The molecule has 6 heteroatoms. The monoisotopic (exact) mass is 281 g/mol. The van der Waals surface area contributed by atoms with Crippen LogP contribution in [0.25, 0.3) is 0 Å². The lowest BCUT2D eigenvalue weighted by molar-refractivity contribution is 0.0299. The molecular formula is C14H19NO5. The maximum atomic E-state index is 11.9. The van der Waals surface area contributed by atoms with Crippen molar-refractivity contribution in [2.24, 2.45) is 0 Å². The van der Waals surface area contributed by atoms with Gasteiger partial charge in [-0.15, -0.1) is 0 Å². The molecule has 1 amide bonds. The predicted molar refractivity (Wildman–Crippen MR) is 71.5 cm³/mol. The molecule has 20 heavy (non-hydrogen) atoms. The topological polar surface area (TPSA) is 79.2 Å². The molecule has 1 fully saturated rings. The maximum Gasteiger partial charge on any atom is 0.410 e. The first-order valence-electron chi connectivity index (χ1n) is 6.37. The molecule has 0 aromatic heterocycles. The van der Waals surface area contributed by atoms with Crippen molar-refractivity contribution in [3.05, 3.63) is 29.8 Å². The molecule has 0 radical (unpaired) electrons. The highest BCUT2D eigenvalue weighted by molar-refractivity contribution is 5.69. The third kappa shape index (κ3) is 2.32. The highest BCUT2D eigenvalue weighted by atomic mass is 16.5. The maximum absolute atomic E-state index is 11.9. The fourth-order valence-corrected chi connectivity index (χ4v) is 2.60. The molecule has 2 rings (SSSR count). The minimum Gasteiger partial charge on any atom is -0.497 e. The van der Waals surface area contributed by atoms with Gasteiger partial charge in [0.1, 0.15) is 18.0 Å². The Balaban J connectivity index is 2.36. The number of amides is 1. The van der Waals surface area contributed by atoms with Crippen molar-refractivity contribution in [1.29, 1.82) is 0 Å². The third-order valence-corrected chi connectivity index (χ3v) is 3.75. The van der Waals surface area contributed by atoms with Gasteiger partial charge in [0.2, 0.25) is 0 Å². The van der Waals surface area contributed by atoms with Gasteiger partial charge >= 0.3 is 6.09 Å². The van der Waals surface area contributed by atoms with Gasteiger partial charge in [0.05, 0.1) is 26.3 Å². The van der Waals surface area contributed by atoms with Crippen molar-refractivity contribution >= 4 is 6.09 Å². The van der Waals surface area contributed by atoms with Crippen LogP contribution in [0.3, 0.4) is 0 Å². The van der Waals surface area contributed by atoms with Crippen molar-refractivity contribution in [1.82, 2.24) is 4.90 Å². The fraction of sp³-hybridized carbons (Fsp3) is 0.500. The van der Waals surface area contributed by atoms with Gasteiger partial charge in [-0.2, -0.15) is 0 Å². The van der Waals surface area contributed by atoms with E-state index in [0.717, 1.165) is 0 Å². The molecular weight excluding hydrogens is 262 g/mol. The van der Waals surface area contributed by atoms with Crippen molar-refractivity contribution in [2.75, 3.05) is 14.2 Å². The summed E-state index contributed by atoms with van der Waals surface area (Å²) in [5.41, 5.74) is 0.715. The standard InChI is InChI=1S/C14H19NO5/c1-8-12(16)13(17)11(15(8)14(18)20-3)9-4-6-10(19-2)7-5-9/h4-8,11-13,16-17H,1-3H3/t8-,11-,12-,13-/m1/s1. The molecule has 1 aromatic carbocycles. The Bertz CT molecular complexity index is 475. The summed E-state index contributed by atoms with van der Waals surface area (Å²) in [7, 11) is 2.84. The largest absolute Gasteiger partial charge is 0.497 e. The molecule has 0 unspecified atom stereocenters. The summed E-state index contributed by atoms with van der Waals surface area (Å²) in [6.07, 6.45) is -2.65. The lowest BCUT2D eigenvalue weighted by Crippen LogP contribution is -2.38. The van der Waals surface area contributed by atoms with Gasteiger partial charge in [-0.1, -0.05) is 12.1 Å². The van der Waals surface area contributed by atoms with Crippen LogP contribution in [-0.2, 0) is 4.74 Å². The molecule has 1 saturated heterocycles. The number of nitrogens with zero attached hydrogens (tertiary/aromatic N) is 1. The number of likely N-dealkylation sites (tertiary alicyclic amines) is 1. The second-order valence-electron chi connectivity index (χ2n) is 4.82. The van der Waals surface area contributed by atoms with Crippen LogP contribution >= 0.6 is 0 Å². The summed E-state index contributed by atoms with van der Waals surface area (Å²) in [6.45, 7) is 1.67. The first-order chi connectivity index (χ1) is 9.51. The van der Waals surface area contributed by atoms with Gasteiger partial charge < -0.3 is 19.7 Å². The van der Waals surface area contributed by atoms with Gasteiger partial charge in [0, 0.05) is 0 Å². The summed E-state index contributed by atoms with van der Waals surface area (Å²) in [5, 5.41) is 20.2. The van der Waals surface area contributed by atoms with Crippen molar-refractivity contribution in [3.63, 3.8) is 0 Å². The van der Waals surface area contributed by atoms with Crippen molar-refractivity contribution < 1.29 is 24.5 Å². The fourth-order valence-electron chi connectivity index (χ4n) is 2.60. The Labute approximate surface area is 117 Å². The van der Waals surface area contributed by atoms with E-state index in [2.05, 4.69) is 0 Å². The zero-order valence-corrected chi connectivity index (χ0v) is 11.7. The van der Waals surface area contributed by atoms with Crippen LogP contribution in [-0.4, -0.2) is 53.7 Å². The van der Waals surface area contributed by atoms with E-state index in [-0.39, 0.29) is 0 Å². The number of rotatable bonds is 2. The summed E-state index contributed by atoms with van der Waals surface area (Å²) < 4.78 is 9.82. The smallest absolute Gasteiger partial charge is 0.410 e. The molecule has 1 aliphatic rings. The molecule has 4 atom stereocenters. The van der Waals surface area contributed by atoms with E-state index >= 15 is 0 Å². The highest BCUT2D eigenvalue weighted by Gasteiger charge is 2.48. The lowest BCUT2D eigenvalue weighted by Gasteiger charge is -2.27. The Morgan fingerprint density at radius 2 is 1.75 bits per heavy atom. The summed E-state index contributed by atoms with van der Waals surface area (Å²) in [5.74, 6) is 0.680. The third-order valence-electron chi connectivity index (χ3n) is 3.75. The number of carbonyl (C=O) groups is 1. The normalized spacial score (nSPS) is 29.4. The Hall–Kier alpha value is -1.79. The van der Waals surface area contributed by atoms with Gasteiger partial charge in [0.25, 0.3) is 0 Å². The van der Waals surface area contributed by atoms with E-state index in [9.17, 15) is 15.0 Å². The molecule has 0 saturated carbocycles. The SMILES string of the molecule is COC(=O)N1[C@H](C)[C@@H](O)[C@H](O)[C@H]1c1ccc(OC)cc1. The van der Waals surface area contributed by atoms with Gasteiger partial charge in [-0.05, 0) is 24.6 Å². The zero-order chi connectivity index (χ0) is 14.9. The molecule has 0 spiro atoms. The van der Waals surface area contributed by atoms with Crippen LogP contribution in [0, 0.1) is 0 Å². The molecule has 6 nitrogen and oxygen atoms in total. The Morgan fingerprint density at radius 3 is 2.25 bits per heavy atom. The highest BCUT2D eigenvalue weighted by Crippen LogP contribution is 2.37. The summed E-state index contributed by atoms with van der Waals surface area (Å²) in [4.78, 5) is 13.2. The second-order valence-corrected chi connectivity index (χ2v) is 4.82. The van der Waals surface area contributed by atoms with Crippen molar-refractivity contribution in [2.45, 2.75) is 31.2 Å². The van der Waals surface area contributed by atoms with E-state index in [1.165, 1.54) is 12.0 Å². The average molecular weight is 281 g/mol. The van der Waals surface area contributed by atoms with E-state index in [4.69, 9.17) is 9.47 Å². The minimum atomic E-state index is -1.06. The van der Waals surface area contributed by atoms with Crippen LogP contribution in [0.5, 0.6) is 5.75 Å². The Kier molecular flexibility index (Phi) is 4.15. The number of hydrogen-bond donors (Lipinski definition) is 2. The molecule has 110 valence electrons. The first kappa shape index (κ1) is 14.6. The van der Waals surface area contributed by atoms with Crippen LogP contribution in [0.1, 0.15) is 18.5 Å².